The lowest BCUT2D eigenvalue weighted by Crippen LogP contribution is -2.49. The zero-order valence-corrected chi connectivity index (χ0v) is 18.3. The number of pyridine rings is 2. The van der Waals surface area contributed by atoms with Crippen LogP contribution in [0.2, 0.25) is 0 Å². The summed E-state index contributed by atoms with van der Waals surface area (Å²) < 4.78 is 1.79. The van der Waals surface area contributed by atoms with Gasteiger partial charge in [0.25, 0.3) is 0 Å². The van der Waals surface area contributed by atoms with Crippen LogP contribution in [0.1, 0.15) is 43.4 Å². The van der Waals surface area contributed by atoms with E-state index in [9.17, 15) is 9.59 Å². The summed E-state index contributed by atoms with van der Waals surface area (Å²) in [5.74, 6) is 0.407. The second kappa shape index (κ2) is 8.70. The first-order valence-corrected chi connectivity index (χ1v) is 11.3. The third-order valence-corrected chi connectivity index (χ3v) is 6.80. The summed E-state index contributed by atoms with van der Waals surface area (Å²) in [6, 6.07) is 8.42. The van der Waals surface area contributed by atoms with Crippen molar-refractivity contribution in [1.29, 1.82) is 0 Å². The number of nitrogens with one attached hydrogen (secondary N) is 1. The van der Waals surface area contributed by atoms with Gasteiger partial charge in [-0.25, -0.2) is 9.31 Å². The normalized spacial score (nSPS) is 19.3. The Morgan fingerprint density at radius 3 is 2.75 bits per heavy atom. The Kier molecular flexibility index (Phi) is 5.61. The SMILES string of the molecule is CC(c1cccnc1)N1CCC(Cc2ccn3ncc(N4CCC(=O)NC4=O)c3c2)CC1. The first-order valence-electron chi connectivity index (χ1n) is 11.3. The van der Waals surface area contributed by atoms with Gasteiger partial charge < -0.3 is 0 Å². The largest absolute Gasteiger partial charge is 0.328 e. The Morgan fingerprint density at radius 1 is 1.16 bits per heavy atom. The molecule has 3 aromatic rings. The minimum Gasteiger partial charge on any atom is -0.297 e. The van der Waals surface area contributed by atoms with E-state index in [1.54, 1.807) is 15.6 Å². The van der Waals surface area contributed by atoms with Gasteiger partial charge in [-0.1, -0.05) is 6.07 Å². The van der Waals surface area contributed by atoms with Crippen LogP contribution in [0.4, 0.5) is 10.5 Å². The summed E-state index contributed by atoms with van der Waals surface area (Å²) in [7, 11) is 0. The Bertz CT molecular complexity index is 1120. The maximum absolute atomic E-state index is 12.3. The molecule has 0 aromatic carbocycles. The number of urea groups is 1. The number of likely N-dealkylation sites (tertiary alicyclic amines) is 1. The highest BCUT2D eigenvalue weighted by Crippen LogP contribution is 2.29. The molecule has 0 bridgehead atoms. The highest BCUT2D eigenvalue weighted by Gasteiger charge is 2.27. The average molecular weight is 433 g/mol. The summed E-state index contributed by atoms with van der Waals surface area (Å²) >= 11 is 0. The van der Waals surface area contributed by atoms with E-state index in [4.69, 9.17) is 0 Å². The molecule has 0 aliphatic carbocycles. The van der Waals surface area contributed by atoms with Crippen LogP contribution in [0.25, 0.3) is 5.52 Å². The number of rotatable bonds is 5. The average Bonchev–Trinajstić information content (AvgIpc) is 3.23. The number of carbonyl (C=O) groups excluding carboxylic acids is 2. The summed E-state index contributed by atoms with van der Waals surface area (Å²) in [6.45, 7) is 4.81. The number of carbonyl (C=O) groups is 2. The number of anilines is 1. The van der Waals surface area contributed by atoms with E-state index in [1.165, 1.54) is 24.0 Å². The molecule has 0 radical (unpaired) electrons. The fraction of sp³-hybridized carbons (Fsp3) is 0.417. The van der Waals surface area contributed by atoms with Crippen molar-refractivity contribution in [3.63, 3.8) is 0 Å². The van der Waals surface area contributed by atoms with E-state index in [2.05, 4.69) is 45.4 Å². The predicted molar refractivity (Wildman–Crippen MR) is 121 cm³/mol. The molecule has 3 amide bonds. The molecule has 1 atom stereocenters. The standard InChI is InChI=1S/C24H28N6O2/c1-17(20-3-2-8-25-15-20)28-9-4-18(5-10-28)13-19-6-12-30-21(14-19)22(16-26-30)29-11-7-23(31)27-24(29)32/h2-3,6,8,12,14-18H,4-5,7,9-11,13H2,1H3,(H,27,31,32). The van der Waals surface area contributed by atoms with Gasteiger partial charge >= 0.3 is 6.03 Å². The molecule has 32 heavy (non-hydrogen) atoms. The van der Waals surface area contributed by atoms with Crippen LogP contribution in [0.15, 0.2) is 49.1 Å². The van der Waals surface area contributed by atoms with Crippen molar-refractivity contribution in [3.05, 3.63) is 60.2 Å². The van der Waals surface area contributed by atoms with Gasteiger partial charge in [-0.15, -0.1) is 0 Å². The van der Waals surface area contributed by atoms with E-state index in [-0.39, 0.29) is 11.9 Å². The quantitative estimate of drug-likeness (QED) is 0.670. The van der Waals surface area contributed by atoms with Gasteiger partial charge in [-0.2, -0.15) is 5.10 Å². The first kappa shape index (κ1) is 20.6. The Labute approximate surface area is 187 Å². The third kappa shape index (κ3) is 4.10. The number of fused-ring (bicyclic) bond motifs is 1. The smallest absolute Gasteiger partial charge is 0.297 e. The molecule has 2 fully saturated rings. The van der Waals surface area contributed by atoms with Crippen LogP contribution in [-0.2, 0) is 11.2 Å². The van der Waals surface area contributed by atoms with Crippen LogP contribution in [0.3, 0.4) is 0 Å². The fourth-order valence-electron chi connectivity index (χ4n) is 4.85. The van der Waals surface area contributed by atoms with Gasteiger partial charge in [-0.3, -0.25) is 24.9 Å². The highest BCUT2D eigenvalue weighted by molar-refractivity contribution is 6.07. The molecule has 5 rings (SSSR count). The Hall–Kier alpha value is -3.26. The number of aromatic nitrogens is 3. The number of hydrogen-bond donors (Lipinski definition) is 1. The summed E-state index contributed by atoms with van der Waals surface area (Å²) in [6.07, 6.45) is 11.1. The number of piperidine rings is 1. The maximum Gasteiger partial charge on any atom is 0.328 e. The summed E-state index contributed by atoms with van der Waals surface area (Å²) in [5.41, 5.74) is 4.17. The predicted octanol–water partition coefficient (Wildman–Crippen LogP) is 3.19. The molecule has 8 nitrogen and oxygen atoms in total. The third-order valence-electron chi connectivity index (χ3n) is 6.80. The second-order valence-electron chi connectivity index (χ2n) is 8.80. The van der Waals surface area contributed by atoms with E-state index in [0.29, 0.717) is 24.9 Å². The minimum absolute atomic E-state index is 0.229. The van der Waals surface area contributed by atoms with Crippen LogP contribution < -0.4 is 10.2 Å². The Balaban J connectivity index is 1.25. The lowest BCUT2D eigenvalue weighted by atomic mass is 9.89. The van der Waals surface area contributed by atoms with E-state index >= 15 is 0 Å². The summed E-state index contributed by atoms with van der Waals surface area (Å²) in [4.78, 5) is 32.2. The molecule has 3 aromatic heterocycles. The minimum atomic E-state index is -0.378. The van der Waals surface area contributed by atoms with Gasteiger partial charge in [0.05, 0.1) is 17.4 Å². The molecule has 1 unspecified atom stereocenters. The van der Waals surface area contributed by atoms with Crippen molar-refractivity contribution < 1.29 is 9.59 Å². The lowest BCUT2D eigenvalue weighted by Gasteiger charge is -2.36. The molecule has 0 saturated carbocycles. The van der Waals surface area contributed by atoms with Crippen LogP contribution in [-0.4, -0.2) is 51.1 Å². The lowest BCUT2D eigenvalue weighted by molar-refractivity contribution is -0.120. The topological polar surface area (TPSA) is 82.8 Å². The van der Waals surface area contributed by atoms with Gasteiger partial charge in [0.1, 0.15) is 0 Å². The van der Waals surface area contributed by atoms with E-state index < -0.39 is 0 Å². The molecule has 8 heteroatoms. The van der Waals surface area contributed by atoms with Crippen molar-refractivity contribution in [2.75, 3.05) is 24.5 Å². The fourth-order valence-corrected chi connectivity index (χ4v) is 4.85. The molecule has 1 N–H and O–H groups in total. The van der Waals surface area contributed by atoms with Gasteiger partial charge in [0.15, 0.2) is 0 Å². The number of hydrogen-bond acceptors (Lipinski definition) is 5. The molecular formula is C24H28N6O2. The van der Waals surface area contributed by atoms with Crippen LogP contribution in [0.5, 0.6) is 0 Å². The zero-order chi connectivity index (χ0) is 22.1. The molecular weight excluding hydrogens is 404 g/mol. The summed E-state index contributed by atoms with van der Waals surface area (Å²) in [5, 5.41) is 6.78. The molecule has 166 valence electrons. The molecule has 2 aliphatic rings. The molecule has 5 heterocycles. The van der Waals surface area contributed by atoms with E-state index in [0.717, 1.165) is 30.7 Å². The van der Waals surface area contributed by atoms with Crippen molar-refractivity contribution in [3.8, 4) is 0 Å². The maximum atomic E-state index is 12.3. The number of imide groups is 1. The van der Waals surface area contributed by atoms with Crippen molar-refractivity contribution >= 4 is 23.1 Å². The molecule has 2 saturated heterocycles. The monoisotopic (exact) mass is 432 g/mol. The van der Waals surface area contributed by atoms with Gasteiger partial charge in [0.2, 0.25) is 5.91 Å². The molecule has 2 aliphatic heterocycles. The number of amides is 3. The van der Waals surface area contributed by atoms with Gasteiger partial charge in [0, 0.05) is 37.6 Å². The Morgan fingerprint density at radius 2 is 2.00 bits per heavy atom. The van der Waals surface area contributed by atoms with Crippen LogP contribution >= 0.6 is 0 Å². The first-order chi connectivity index (χ1) is 15.6. The highest BCUT2D eigenvalue weighted by atomic mass is 16.2. The zero-order valence-electron chi connectivity index (χ0n) is 18.3. The van der Waals surface area contributed by atoms with Crippen molar-refractivity contribution in [2.24, 2.45) is 5.92 Å². The molecule has 0 spiro atoms. The van der Waals surface area contributed by atoms with Crippen molar-refractivity contribution in [2.45, 2.75) is 38.6 Å². The second-order valence-corrected chi connectivity index (χ2v) is 8.80. The van der Waals surface area contributed by atoms with Crippen LogP contribution in [0, 0.1) is 5.92 Å². The van der Waals surface area contributed by atoms with E-state index in [1.807, 2.05) is 24.7 Å². The van der Waals surface area contributed by atoms with Gasteiger partial charge in [-0.05, 0) is 74.5 Å². The van der Waals surface area contributed by atoms with Crippen molar-refractivity contribution in [1.82, 2.24) is 24.8 Å². The number of nitrogens with zero attached hydrogens (tertiary/aromatic N) is 5.